The van der Waals surface area contributed by atoms with Gasteiger partial charge in [-0.2, -0.15) is 0 Å². The van der Waals surface area contributed by atoms with Gasteiger partial charge in [0.05, 0.1) is 5.75 Å². The van der Waals surface area contributed by atoms with E-state index in [1.807, 2.05) is 0 Å². The normalized spacial score (nSPS) is 12.6. The first kappa shape index (κ1) is 16.8. The van der Waals surface area contributed by atoms with Gasteiger partial charge in [0.15, 0.2) is 0 Å². The summed E-state index contributed by atoms with van der Waals surface area (Å²) >= 11 is 0. The Hall–Kier alpha value is -0.170. The van der Waals surface area contributed by atoms with E-state index in [9.17, 15) is 8.42 Å². The second kappa shape index (κ2) is 8.85. The number of nitrogens with zero attached hydrogens (tertiary/aromatic N) is 1. The maximum absolute atomic E-state index is 11.4. The van der Waals surface area contributed by atoms with Gasteiger partial charge >= 0.3 is 0 Å². The Labute approximate surface area is 106 Å². The van der Waals surface area contributed by atoms with Crippen LogP contribution in [0.25, 0.3) is 0 Å². The average Bonchev–Trinajstić information content (AvgIpc) is 2.25. The summed E-state index contributed by atoms with van der Waals surface area (Å²) in [6.07, 6.45) is 2.40. The van der Waals surface area contributed by atoms with E-state index in [1.165, 1.54) is 0 Å². The van der Waals surface area contributed by atoms with Crippen molar-refractivity contribution in [2.24, 2.45) is 5.73 Å². The minimum absolute atomic E-state index is 0.134. The van der Waals surface area contributed by atoms with Gasteiger partial charge in [0, 0.05) is 12.6 Å². The number of sulfonamides is 1. The van der Waals surface area contributed by atoms with Gasteiger partial charge in [-0.25, -0.2) is 13.1 Å². The summed E-state index contributed by atoms with van der Waals surface area (Å²) in [6, 6.07) is 0.538. The molecule has 0 spiro atoms. The molecule has 0 aliphatic carbocycles. The number of hydrogen-bond acceptors (Lipinski definition) is 4. The van der Waals surface area contributed by atoms with Crippen LogP contribution in [0.4, 0.5) is 0 Å². The minimum atomic E-state index is -3.10. The molecule has 0 aromatic carbocycles. The second-order valence-corrected chi connectivity index (χ2v) is 6.56. The van der Waals surface area contributed by atoms with Gasteiger partial charge in [-0.3, -0.25) is 0 Å². The Morgan fingerprint density at radius 3 is 2.41 bits per heavy atom. The van der Waals surface area contributed by atoms with Crippen LogP contribution < -0.4 is 10.5 Å². The number of hydrogen-bond donors (Lipinski definition) is 2. The molecule has 104 valence electrons. The molecule has 0 aromatic rings. The maximum Gasteiger partial charge on any atom is 0.211 e. The molecular weight excluding hydrogens is 238 g/mol. The molecular formula is C11H27N3O2S. The summed E-state index contributed by atoms with van der Waals surface area (Å²) in [5.74, 6) is 0.134. The Kier molecular flexibility index (Phi) is 8.77. The molecule has 0 bridgehead atoms. The van der Waals surface area contributed by atoms with Crippen LogP contribution in [0.15, 0.2) is 0 Å². The highest BCUT2D eigenvalue weighted by Gasteiger charge is 2.08. The molecule has 0 saturated heterocycles. The SMILES string of the molecule is CC(C)N(C)CCCCNS(=O)(=O)CCCN. The highest BCUT2D eigenvalue weighted by molar-refractivity contribution is 7.89. The monoisotopic (exact) mass is 265 g/mol. The fourth-order valence-corrected chi connectivity index (χ4v) is 2.46. The zero-order valence-electron chi connectivity index (χ0n) is 11.3. The van der Waals surface area contributed by atoms with Gasteiger partial charge in [0.1, 0.15) is 0 Å². The third-order valence-corrected chi connectivity index (χ3v) is 4.23. The van der Waals surface area contributed by atoms with Gasteiger partial charge in [-0.05, 0) is 53.2 Å². The molecule has 0 rings (SSSR count). The average molecular weight is 265 g/mol. The quantitative estimate of drug-likeness (QED) is 0.560. The lowest BCUT2D eigenvalue weighted by Crippen LogP contribution is -2.30. The fraction of sp³-hybridized carbons (Fsp3) is 1.00. The van der Waals surface area contributed by atoms with Crippen LogP contribution in [0.1, 0.15) is 33.1 Å². The van der Waals surface area contributed by atoms with Gasteiger partial charge < -0.3 is 10.6 Å². The lowest BCUT2D eigenvalue weighted by atomic mass is 10.2. The standard InChI is InChI=1S/C11H27N3O2S/c1-11(2)14(3)9-5-4-8-13-17(15,16)10-6-7-12/h11,13H,4-10,12H2,1-3H3. The van der Waals surface area contributed by atoms with Gasteiger partial charge in [0.2, 0.25) is 10.0 Å². The highest BCUT2D eigenvalue weighted by atomic mass is 32.2. The van der Waals surface area contributed by atoms with E-state index in [-0.39, 0.29) is 5.75 Å². The zero-order chi connectivity index (χ0) is 13.3. The Bertz CT molecular complexity index is 278. The summed E-state index contributed by atoms with van der Waals surface area (Å²) in [7, 11) is -1.02. The van der Waals surface area contributed by atoms with Crippen LogP contribution in [-0.4, -0.2) is 51.8 Å². The van der Waals surface area contributed by atoms with Crippen molar-refractivity contribution in [3.05, 3.63) is 0 Å². The van der Waals surface area contributed by atoms with E-state index in [0.29, 0.717) is 25.6 Å². The number of rotatable bonds is 10. The predicted molar refractivity (Wildman–Crippen MR) is 72.5 cm³/mol. The summed E-state index contributed by atoms with van der Waals surface area (Å²) in [5.41, 5.74) is 5.28. The molecule has 0 heterocycles. The third kappa shape index (κ3) is 9.52. The highest BCUT2D eigenvalue weighted by Crippen LogP contribution is 1.98. The topological polar surface area (TPSA) is 75.4 Å². The summed E-state index contributed by atoms with van der Waals surface area (Å²) < 4.78 is 25.4. The number of nitrogens with one attached hydrogen (secondary N) is 1. The van der Waals surface area contributed by atoms with Gasteiger partial charge in [0.25, 0.3) is 0 Å². The van der Waals surface area contributed by atoms with Crippen molar-refractivity contribution in [2.75, 3.05) is 32.4 Å². The summed E-state index contributed by atoms with van der Waals surface area (Å²) in [6.45, 7) is 6.24. The van der Waals surface area contributed by atoms with Crippen molar-refractivity contribution in [2.45, 2.75) is 39.2 Å². The van der Waals surface area contributed by atoms with Crippen LogP contribution in [0.5, 0.6) is 0 Å². The van der Waals surface area contributed by atoms with Crippen LogP contribution >= 0.6 is 0 Å². The Morgan fingerprint density at radius 2 is 1.88 bits per heavy atom. The lowest BCUT2D eigenvalue weighted by Gasteiger charge is -2.20. The van der Waals surface area contributed by atoms with Crippen molar-refractivity contribution >= 4 is 10.0 Å². The summed E-state index contributed by atoms with van der Waals surface area (Å²) in [5, 5.41) is 0. The molecule has 0 aliphatic heterocycles. The first-order chi connectivity index (χ1) is 7.89. The van der Waals surface area contributed by atoms with Gasteiger partial charge in [-0.15, -0.1) is 0 Å². The molecule has 0 aromatic heterocycles. The smallest absolute Gasteiger partial charge is 0.211 e. The molecule has 6 heteroatoms. The molecule has 17 heavy (non-hydrogen) atoms. The minimum Gasteiger partial charge on any atom is -0.330 e. The van der Waals surface area contributed by atoms with Crippen molar-refractivity contribution in [3.63, 3.8) is 0 Å². The molecule has 0 amide bonds. The fourth-order valence-electron chi connectivity index (χ4n) is 1.32. The predicted octanol–water partition coefficient (Wildman–Crippen LogP) is 0.375. The molecule has 3 N–H and O–H groups in total. The van der Waals surface area contributed by atoms with Crippen LogP contribution in [-0.2, 0) is 10.0 Å². The van der Waals surface area contributed by atoms with Crippen molar-refractivity contribution < 1.29 is 8.42 Å². The van der Waals surface area contributed by atoms with Crippen LogP contribution in [0.3, 0.4) is 0 Å². The van der Waals surface area contributed by atoms with Crippen molar-refractivity contribution in [3.8, 4) is 0 Å². The van der Waals surface area contributed by atoms with Crippen molar-refractivity contribution in [1.82, 2.24) is 9.62 Å². The Morgan fingerprint density at radius 1 is 1.24 bits per heavy atom. The number of nitrogens with two attached hydrogens (primary N) is 1. The van der Waals surface area contributed by atoms with Crippen LogP contribution in [0.2, 0.25) is 0 Å². The van der Waals surface area contributed by atoms with Gasteiger partial charge in [-0.1, -0.05) is 0 Å². The second-order valence-electron chi connectivity index (χ2n) is 4.64. The van der Waals surface area contributed by atoms with E-state index in [1.54, 1.807) is 0 Å². The molecule has 0 saturated carbocycles. The molecule has 0 unspecified atom stereocenters. The molecule has 0 fully saturated rings. The largest absolute Gasteiger partial charge is 0.330 e. The first-order valence-corrected chi connectivity index (χ1v) is 7.92. The summed E-state index contributed by atoms with van der Waals surface area (Å²) in [4.78, 5) is 2.25. The van der Waals surface area contributed by atoms with E-state index < -0.39 is 10.0 Å². The molecule has 0 radical (unpaired) electrons. The molecule has 5 nitrogen and oxygen atoms in total. The van der Waals surface area contributed by atoms with E-state index in [0.717, 1.165) is 19.4 Å². The van der Waals surface area contributed by atoms with E-state index >= 15 is 0 Å². The van der Waals surface area contributed by atoms with Crippen LogP contribution in [0, 0.1) is 0 Å². The number of unbranched alkanes of at least 4 members (excludes halogenated alkanes) is 1. The zero-order valence-corrected chi connectivity index (χ0v) is 12.1. The lowest BCUT2D eigenvalue weighted by molar-refractivity contribution is 0.268. The molecule has 0 atom stereocenters. The first-order valence-electron chi connectivity index (χ1n) is 6.26. The molecule has 0 aliphatic rings. The van der Waals surface area contributed by atoms with Crippen molar-refractivity contribution in [1.29, 1.82) is 0 Å². The Balaban J connectivity index is 3.57. The van der Waals surface area contributed by atoms with E-state index in [2.05, 4.69) is 30.5 Å². The maximum atomic E-state index is 11.4. The van der Waals surface area contributed by atoms with E-state index in [4.69, 9.17) is 5.73 Å². The third-order valence-electron chi connectivity index (χ3n) is 2.76.